The predicted molar refractivity (Wildman–Crippen MR) is 59.4 cm³/mol. The monoisotopic (exact) mass is 232 g/mol. The van der Waals surface area contributed by atoms with E-state index in [-0.39, 0.29) is 6.54 Å². The van der Waals surface area contributed by atoms with Crippen LogP contribution in [0, 0.1) is 0 Å². The Bertz CT molecular complexity index is 248. The van der Waals surface area contributed by atoms with E-state index in [2.05, 4.69) is 5.32 Å². The lowest BCUT2D eigenvalue weighted by molar-refractivity contribution is -0.137. The molecule has 0 aromatic rings. The van der Waals surface area contributed by atoms with E-state index in [1.165, 1.54) is 0 Å². The first-order chi connectivity index (χ1) is 7.20. The van der Waals surface area contributed by atoms with Crippen molar-refractivity contribution in [3.05, 3.63) is 0 Å². The lowest BCUT2D eigenvalue weighted by Crippen LogP contribution is -2.38. The highest BCUT2D eigenvalue weighted by Gasteiger charge is 2.15. The molecule has 1 amide bonds. The van der Waals surface area contributed by atoms with Crippen molar-refractivity contribution in [2.75, 3.05) is 26.7 Å². The molecular weight excluding hydrogens is 212 g/mol. The number of likely N-dealkylation sites (N-methyl/N-ethyl adjacent to an activating group) is 1. The molecular formula is C10H20N2O4. The van der Waals surface area contributed by atoms with Gasteiger partial charge in [0.2, 0.25) is 0 Å². The highest BCUT2D eigenvalue weighted by molar-refractivity contribution is 5.69. The van der Waals surface area contributed by atoms with Gasteiger partial charge in [-0.3, -0.25) is 9.69 Å². The van der Waals surface area contributed by atoms with Crippen molar-refractivity contribution in [2.24, 2.45) is 0 Å². The Morgan fingerprint density at radius 1 is 1.38 bits per heavy atom. The van der Waals surface area contributed by atoms with Gasteiger partial charge < -0.3 is 15.2 Å². The van der Waals surface area contributed by atoms with Crippen LogP contribution in [0.15, 0.2) is 0 Å². The van der Waals surface area contributed by atoms with Crippen LogP contribution in [0.25, 0.3) is 0 Å². The minimum Gasteiger partial charge on any atom is -0.480 e. The van der Waals surface area contributed by atoms with E-state index in [1.807, 2.05) is 0 Å². The van der Waals surface area contributed by atoms with E-state index in [9.17, 15) is 9.59 Å². The van der Waals surface area contributed by atoms with Gasteiger partial charge in [-0.15, -0.1) is 0 Å². The van der Waals surface area contributed by atoms with Gasteiger partial charge in [0.15, 0.2) is 0 Å². The summed E-state index contributed by atoms with van der Waals surface area (Å²) in [5, 5.41) is 11.0. The van der Waals surface area contributed by atoms with E-state index >= 15 is 0 Å². The van der Waals surface area contributed by atoms with Crippen LogP contribution in [-0.4, -0.2) is 54.4 Å². The molecule has 0 bridgehead atoms. The maximum Gasteiger partial charge on any atom is 0.407 e. The average molecular weight is 232 g/mol. The van der Waals surface area contributed by atoms with Crippen LogP contribution >= 0.6 is 0 Å². The van der Waals surface area contributed by atoms with E-state index in [4.69, 9.17) is 9.84 Å². The maximum absolute atomic E-state index is 11.2. The van der Waals surface area contributed by atoms with Crippen molar-refractivity contribution in [2.45, 2.75) is 26.4 Å². The molecule has 0 heterocycles. The molecule has 0 radical (unpaired) electrons. The fraction of sp³-hybridized carbons (Fsp3) is 0.800. The number of nitrogens with zero attached hydrogens (tertiary/aromatic N) is 1. The summed E-state index contributed by atoms with van der Waals surface area (Å²) in [5.41, 5.74) is -0.517. The molecule has 0 spiro atoms. The number of hydrogen-bond acceptors (Lipinski definition) is 4. The van der Waals surface area contributed by atoms with Gasteiger partial charge in [-0.2, -0.15) is 0 Å². The van der Waals surface area contributed by atoms with Crippen LogP contribution in [0.2, 0.25) is 0 Å². The molecule has 16 heavy (non-hydrogen) atoms. The van der Waals surface area contributed by atoms with Gasteiger partial charge >= 0.3 is 12.1 Å². The van der Waals surface area contributed by atoms with Crippen LogP contribution in [-0.2, 0) is 9.53 Å². The second-order valence-corrected chi connectivity index (χ2v) is 4.56. The number of rotatable bonds is 5. The summed E-state index contributed by atoms with van der Waals surface area (Å²) in [6.45, 7) is 6.12. The first-order valence-corrected chi connectivity index (χ1v) is 5.08. The van der Waals surface area contributed by atoms with Crippen molar-refractivity contribution in [3.63, 3.8) is 0 Å². The van der Waals surface area contributed by atoms with Gasteiger partial charge in [-0.05, 0) is 27.8 Å². The summed E-state index contributed by atoms with van der Waals surface area (Å²) in [6, 6.07) is 0. The maximum atomic E-state index is 11.2. The number of carbonyl (C=O) groups excluding carboxylic acids is 1. The third-order valence-corrected chi connectivity index (χ3v) is 1.57. The largest absolute Gasteiger partial charge is 0.480 e. The molecule has 0 aromatic carbocycles. The molecule has 0 saturated carbocycles. The molecule has 0 aliphatic heterocycles. The Labute approximate surface area is 95.6 Å². The fourth-order valence-electron chi connectivity index (χ4n) is 0.973. The Morgan fingerprint density at radius 3 is 2.38 bits per heavy atom. The van der Waals surface area contributed by atoms with Crippen LogP contribution < -0.4 is 5.32 Å². The topological polar surface area (TPSA) is 78.9 Å². The van der Waals surface area contributed by atoms with Gasteiger partial charge in [0.05, 0.1) is 6.54 Å². The first-order valence-electron chi connectivity index (χ1n) is 5.08. The highest BCUT2D eigenvalue weighted by atomic mass is 16.6. The summed E-state index contributed by atoms with van der Waals surface area (Å²) in [5.74, 6) is -0.889. The number of ether oxygens (including phenoxy) is 1. The molecule has 0 saturated heterocycles. The SMILES string of the molecule is CN(CCNC(=O)OC(C)(C)C)CC(=O)O. The molecule has 94 valence electrons. The fourth-order valence-corrected chi connectivity index (χ4v) is 0.973. The molecule has 0 fully saturated rings. The van der Waals surface area contributed by atoms with Crippen molar-refractivity contribution >= 4 is 12.1 Å². The van der Waals surface area contributed by atoms with Crippen molar-refractivity contribution in [1.82, 2.24) is 10.2 Å². The molecule has 0 aromatic heterocycles. The Morgan fingerprint density at radius 2 is 1.94 bits per heavy atom. The number of hydrogen-bond donors (Lipinski definition) is 2. The summed E-state index contributed by atoms with van der Waals surface area (Å²) < 4.78 is 5.02. The molecule has 0 atom stereocenters. The van der Waals surface area contributed by atoms with Crippen molar-refractivity contribution < 1.29 is 19.4 Å². The number of amides is 1. The Balaban J connectivity index is 3.66. The number of nitrogens with one attached hydrogen (secondary N) is 1. The minimum absolute atomic E-state index is 0.0456. The zero-order valence-electron chi connectivity index (χ0n) is 10.2. The van der Waals surface area contributed by atoms with Crippen molar-refractivity contribution in [3.8, 4) is 0 Å². The van der Waals surface area contributed by atoms with Crippen LogP contribution in [0.4, 0.5) is 4.79 Å². The van der Waals surface area contributed by atoms with E-state index < -0.39 is 17.7 Å². The number of aliphatic carboxylic acids is 1. The smallest absolute Gasteiger partial charge is 0.407 e. The average Bonchev–Trinajstić information content (AvgIpc) is 1.98. The van der Waals surface area contributed by atoms with Crippen LogP contribution in [0.3, 0.4) is 0 Å². The number of carbonyl (C=O) groups is 2. The van der Waals surface area contributed by atoms with E-state index in [0.717, 1.165) is 0 Å². The van der Waals surface area contributed by atoms with Crippen LogP contribution in [0.1, 0.15) is 20.8 Å². The zero-order chi connectivity index (χ0) is 12.8. The lowest BCUT2D eigenvalue weighted by Gasteiger charge is -2.20. The molecule has 2 N–H and O–H groups in total. The number of carboxylic acids is 1. The third kappa shape index (κ3) is 9.26. The molecule has 0 aliphatic carbocycles. The lowest BCUT2D eigenvalue weighted by atomic mass is 10.2. The normalized spacial score (nSPS) is 11.3. The van der Waals surface area contributed by atoms with Gasteiger partial charge in [-0.25, -0.2) is 4.79 Å². The second kappa shape index (κ2) is 6.32. The predicted octanol–water partition coefficient (Wildman–Crippen LogP) is 0.527. The summed E-state index contributed by atoms with van der Waals surface area (Å²) in [7, 11) is 1.67. The zero-order valence-corrected chi connectivity index (χ0v) is 10.2. The molecule has 0 rings (SSSR count). The number of alkyl carbamates (subject to hydrolysis) is 1. The summed E-state index contributed by atoms with van der Waals surface area (Å²) in [6.07, 6.45) is -0.490. The van der Waals surface area contributed by atoms with Crippen molar-refractivity contribution in [1.29, 1.82) is 0 Å². The number of carboxylic acid groups (broad SMARTS) is 1. The van der Waals surface area contributed by atoms with Gasteiger partial charge in [-0.1, -0.05) is 0 Å². The third-order valence-electron chi connectivity index (χ3n) is 1.57. The Kier molecular flexibility index (Phi) is 5.81. The van der Waals surface area contributed by atoms with Crippen LogP contribution in [0.5, 0.6) is 0 Å². The van der Waals surface area contributed by atoms with Gasteiger partial charge in [0.1, 0.15) is 5.60 Å². The Hall–Kier alpha value is -1.30. The van der Waals surface area contributed by atoms with Gasteiger partial charge in [0.25, 0.3) is 0 Å². The summed E-state index contributed by atoms with van der Waals surface area (Å²) in [4.78, 5) is 23.1. The molecule has 0 unspecified atom stereocenters. The highest BCUT2D eigenvalue weighted by Crippen LogP contribution is 2.05. The summed E-state index contributed by atoms with van der Waals surface area (Å²) >= 11 is 0. The second-order valence-electron chi connectivity index (χ2n) is 4.56. The quantitative estimate of drug-likeness (QED) is 0.722. The molecule has 6 nitrogen and oxygen atoms in total. The minimum atomic E-state index is -0.889. The van der Waals surface area contributed by atoms with Gasteiger partial charge in [0, 0.05) is 13.1 Å². The molecule has 6 heteroatoms. The standard InChI is InChI=1S/C10H20N2O4/c1-10(2,3)16-9(15)11-5-6-12(4)7-8(13)14/h5-7H2,1-4H3,(H,11,15)(H,13,14). The molecule has 0 aliphatic rings. The van der Waals surface area contributed by atoms with E-state index in [1.54, 1.807) is 32.7 Å². The van der Waals surface area contributed by atoms with E-state index in [0.29, 0.717) is 13.1 Å². The first kappa shape index (κ1) is 14.7.